The van der Waals surface area contributed by atoms with Gasteiger partial charge in [0.1, 0.15) is 17.7 Å². The van der Waals surface area contributed by atoms with Crippen molar-refractivity contribution in [2.75, 3.05) is 19.1 Å². The van der Waals surface area contributed by atoms with Gasteiger partial charge in [-0.1, -0.05) is 18.6 Å². The topological polar surface area (TPSA) is 114 Å². The highest BCUT2D eigenvalue weighted by molar-refractivity contribution is 5.95. The van der Waals surface area contributed by atoms with Gasteiger partial charge in [0.25, 0.3) is 0 Å². The average Bonchev–Trinajstić information content (AvgIpc) is 3.32. The second kappa shape index (κ2) is 10.0. The van der Waals surface area contributed by atoms with Crippen molar-refractivity contribution in [1.29, 1.82) is 0 Å². The van der Waals surface area contributed by atoms with Gasteiger partial charge in [0.15, 0.2) is 0 Å². The Balaban J connectivity index is 1.67. The Morgan fingerprint density at radius 1 is 1.08 bits per heavy atom. The third kappa shape index (κ3) is 4.41. The smallest absolute Gasteiger partial charge is 0.414 e. The number of carboxylic acid groups (broad SMARTS) is 1. The normalized spacial score (nSPS) is 22.4. The van der Waals surface area contributed by atoms with Crippen LogP contribution in [-0.4, -0.2) is 52.1 Å². The van der Waals surface area contributed by atoms with Gasteiger partial charge >= 0.3 is 12.1 Å². The van der Waals surface area contributed by atoms with Crippen LogP contribution in [0.15, 0.2) is 36.4 Å². The summed E-state index contributed by atoms with van der Waals surface area (Å²) in [5.74, 6) is -0.0538. The second-order valence-electron chi connectivity index (χ2n) is 10.0. The molecule has 0 unspecified atom stereocenters. The number of imidazole rings is 1. The summed E-state index contributed by atoms with van der Waals surface area (Å²) in [5, 5.41) is 21.3. The summed E-state index contributed by atoms with van der Waals surface area (Å²) in [6.45, 7) is 2.00. The number of aryl methyl sites for hydroxylation is 1. The first-order valence-electron chi connectivity index (χ1n) is 12.8. The van der Waals surface area contributed by atoms with Crippen LogP contribution in [0.25, 0.3) is 11.0 Å². The molecule has 0 saturated heterocycles. The van der Waals surface area contributed by atoms with Gasteiger partial charge in [-0.3, -0.25) is 9.69 Å². The van der Waals surface area contributed by atoms with E-state index in [0.717, 1.165) is 48.0 Å². The fourth-order valence-corrected chi connectivity index (χ4v) is 5.93. The fraction of sp³-hybridized carbons (Fsp3) is 0.464. The Hall–Kier alpha value is -3.59. The Labute approximate surface area is 215 Å². The molecular weight excluding hydrogens is 474 g/mol. The zero-order valence-electron chi connectivity index (χ0n) is 21.4. The molecule has 2 N–H and O–H groups in total. The first-order valence-corrected chi connectivity index (χ1v) is 12.8. The predicted molar refractivity (Wildman–Crippen MR) is 138 cm³/mol. The van der Waals surface area contributed by atoms with E-state index in [1.165, 1.54) is 7.11 Å². The van der Waals surface area contributed by atoms with E-state index < -0.39 is 24.1 Å². The quantitative estimate of drug-likeness (QED) is 0.507. The molecule has 1 fully saturated rings. The molecule has 0 spiro atoms. The summed E-state index contributed by atoms with van der Waals surface area (Å²) >= 11 is 0. The average molecular weight is 508 g/mol. The summed E-state index contributed by atoms with van der Waals surface area (Å²) in [5.41, 5.74) is 3.95. The molecule has 1 amide bonds. The number of anilines is 1. The summed E-state index contributed by atoms with van der Waals surface area (Å²) in [6.07, 6.45) is 2.79. The summed E-state index contributed by atoms with van der Waals surface area (Å²) < 4.78 is 12.4. The number of nitrogens with zero attached hydrogens (tertiary/aromatic N) is 3. The molecule has 0 radical (unpaired) electrons. The monoisotopic (exact) mass is 507 g/mol. The van der Waals surface area contributed by atoms with E-state index in [4.69, 9.17) is 14.5 Å². The molecule has 1 saturated carbocycles. The zero-order valence-corrected chi connectivity index (χ0v) is 21.4. The van der Waals surface area contributed by atoms with E-state index >= 15 is 0 Å². The number of amides is 1. The van der Waals surface area contributed by atoms with Crippen molar-refractivity contribution in [3.63, 3.8) is 0 Å². The van der Waals surface area contributed by atoms with Crippen molar-refractivity contribution in [2.24, 2.45) is 5.92 Å². The number of rotatable bonds is 5. The molecular formula is C28H33N3O6. The zero-order chi connectivity index (χ0) is 26.3. The van der Waals surface area contributed by atoms with E-state index in [1.807, 2.05) is 35.8 Å². The van der Waals surface area contributed by atoms with Crippen LogP contribution in [-0.2, 0) is 16.0 Å². The highest BCUT2D eigenvalue weighted by Gasteiger charge is 2.35. The van der Waals surface area contributed by atoms with E-state index in [9.17, 15) is 19.8 Å². The maximum atomic E-state index is 12.6. The number of carbonyl (C=O) groups excluding carboxylic acids is 1. The van der Waals surface area contributed by atoms with Crippen LogP contribution in [0.1, 0.15) is 68.1 Å². The van der Waals surface area contributed by atoms with E-state index in [2.05, 4.69) is 0 Å². The minimum Gasteiger partial charge on any atom is -0.497 e. The van der Waals surface area contributed by atoms with Gasteiger partial charge in [-0.05, 0) is 68.9 Å². The molecule has 2 aromatic carbocycles. The molecule has 2 heterocycles. The highest BCUT2D eigenvalue weighted by atomic mass is 16.5. The molecule has 1 aliphatic heterocycles. The number of fused-ring (bicyclic) bond motifs is 3. The largest absolute Gasteiger partial charge is 0.497 e. The van der Waals surface area contributed by atoms with Gasteiger partial charge < -0.3 is 24.3 Å². The number of aliphatic hydroxyl groups excluding tert-OH is 1. The van der Waals surface area contributed by atoms with Crippen molar-refractivity contribution in [1.82, 2.24) is 9.55 Å². The Morgan fingerprint density at radius 3 is 2.51 bits per heavy atom. The van der Waals surface area contributed by atoms with Crippen LogP contribution in [0.2, 0.25) is 0 Å². The first-order chi connectivity index (χ1) is 17.8. The number of aliphatic hydroxyl groups is 1. The number of methoxy groups -OCH3 is 2. The van der Waals surface area contributed by atoms with Crippen molar-refractivity contribution < 1.29 is 29.3 Å². The number of hydrogen-bond donors (Lipinski definition) is 2. The van der Waals surface area contributed by atoms with E-state index in [-0.39, 0.29) is 12.1 Å². The van der Waals surface area contributed by atoms with E-state index in [1.54, 1.807) is 24.1 Å². The van der Waals surface area contributed by atoms with Gasteiger partial charge in [-0.15, -0.1) is 0 Å². The Kier molecular flexibility index (Phi) is 6.81. The Morgan fingerprint density at radius 2 is 1.84 bits per heavy atom. The lowest BCUT2D eigenvalue weighted by atomic mass is 9.85. The van der Waals surface area contributed by atoms with Crippen molar-refractivity contribution in [3.8, 4) is 5.75 Å². The number of hydrogen-bond acceptors (Lipinski definition) is 6. The molecule has 9 nitrogen and oxygen atoms in total. The lowest BCUT2D eigenvalue weighted by Gasteiger charge is -2.34. The number of aromatic nitrogens is 2. The third-order valence-electron chi connectivity index (χ3n) is 7.89. The summed E-state index contributed by atoms with van der Waals surface area (Å²) in [4.78, 5) is 31.1. The van der Waals surface area contributed by atoms with Crippen molar-refractivity contribution in [3.05, 3.63) is 53.3 Å². The molecule has 9 heteroatoms. The van der Waals surface area contributed by atoms with Crippen LogP contribution in [0, 0.1) is 5.92 Å². The van der Waals surface area contributed by atoms with Gasteiger partial charge in [-0.25, -0.2) is 9.78 Å². The minimum absolute atomic E-state index is 0.0153. The van der Waals surface area contributed by atoms with Gasteiger partial charge in [0, 0.05) is 17.6 Å². The van der Waals surface area contributed by atoms with Gasteiger partial charge in [0.05, 0.1) is 36.9 Å². The molecule has 5 rings (SSSR count). The number of carboxylic acids is 1. The molecule has 4 atom stereocenters. The van der Waals surface area contributed by atoms with Crippen LogP contribution >= 0.6 is 0 Å². The van der Waals surface area contributed by atoms with Crippen LogP contribution in [0.5, 0.6) is 5.75 Å². The summed E-state index contributed by atoms with van der Waals surface area (Å²) in [6, 6.07) is 10.9. The minimum atomic E-state index is -1.02. The number of benzene rings is 2. The molecule has 1 aliphatic carbocycles. The van der Waals surface area contributed by atoms with Gasteiger partial charge in [-0.2, -0.15) is 0 Å². The number of ether oxygens (including phenoxy) is 2. The van der Waals surface area contributed by atoms with Crippen LogP contribution < -0.4 is 9.64 Å². The first kappa shape index (κ1) is 25.1. The second-order valence-corrected chi connectivity index (χ2v) is 10.0. The molecule has 37 heavy (non-hydrogen) atoms. The predicted octanol–water partition coefficient (Wildman–Crippen LogP) is 4.85. The number of aliphatic carboxylic acids is 1. The number of carbonyl (C=O) groups is 2. The maximum Gasteiger partial charge on any atom is 0.414 e. The molecule has 1 aromatic heterocycles. The standard InChI is InChI=1S/C28H33N3O6/c1-16-7-12-21-22(30(16)28(35)37-3)13-14-23-24(21)29-26(25(32)17-8-10-20(36-2)11-9-17)31(23)19-6-4-5-18(15-19)27(33)34/h8-11,13-14,16,18-19,25,32H,4-7,12,15H2,1-3H3,(H,33,34)/t16-,18+,19+,25+/m0/s1. The summed E-state index contributed by atoms with van der Waals surface area (Å²) in [7, 11) is 2.97. The van der Waals surface area contributed by atoms with Gasteiger partial charge in [0.2, 0.25) is 0 Å². The third-order valence-corrected chi connectivity index (χ3v) is 7.89. The van der Waals surface area contributed by atoms with Crippen LogP contribution in [0.3, 0.4) is 0 Å². The molecule has 0 bridgehead atoms. The SMILES string of the molecule is COC(=O)N1c2ccc3c(nc([C@H](O)c4ccc(OC)cc4)n3[C@@H]3CCC[C@@H](C(=O)O)C3)c2CC[C@@H]1C. The maximum absolute atomic E-state index is 12.6. The van der Waals surface area contributed by atoms with Crippen molar-refractivity contribution >= 4 is 28.8 Å². The fourth-order valence-electron chi connectivity index (χ4n) is 5.93. The van der Waals surface area contributed by atoms with Crippen LogP contribution in [0.4, 0.5) is 10.5 Å². The molecule has 196 valence electrons. The van der Waals surface area contributed by atoms with E-state index in [0.29, 0.717) is 30.0 Å². The lowest BCUT2D eigenvalue weighted by molar-refractivity contribution is -0.143. The molecule has 2 aliphatic rings. The highest BCUT2D eigenvalue weighted by Crippen LogP contribution is 2.42. The lowest BCUT2D eigenvalue weighted by Crippen LogP contribution is -2.42. The molecule has 3 aromatic rings. The van der Waals surface area contributed by atoms with Crippen molar-refractivity contribution in [2.45, 2.75) is 63.6 Å². The Bertz CT molecular complexity index is 1320.